The van der Waals surface area contributed by atoms with Gasteiger partial charge in [-0.15, -0.1) is 0 Å². The molecule has 108 valence electrons. The van der Waals surface area contributed by atoms with Crippen LogP contribution in [0.3, 0.4) is 0 Å². The standard InChI is InChI=1S/C11H19ClN4O2S/c1-2-4-16-11(9(12)6-14-16)10(15-13)8-3-5-19(17,18)7-8/h6,8,10,15H,2-5,7,13H2,1H3. The summed E-state index contributed by atoms with van der Waals surface area (Å²) in [6, 6.07) is -0.279. The van der Waals surface area contributed by atoms with Gasteiger partial charge in [0.1, 0.15) is 0 Å². The van der Waals surface area contributed by atoms with E-state index >= 15 is 0 Å². The number of nitrogens with two attached hydrogens (primary N) is 1. The average Bonchev–Trinajstić information content (AvgIpc) is 2.87. The molecule has 2 heterocycles. The molecule has 1 aromatic heterocycles. The van der Waals surface area contributed by atoms with Gasteiger partial charge in [-0.2, -0.15) is 5.10 Å². The second-order valence-corrected chi connectivity index (χ2v) is 7.54. The fourth-order valence-corrected chi connectivity index (χ4v) is 4.69. The lowest BCUT2D eigenvalue weighted by molar-refractivity contribution is 0.370. The molecule has 0 radical (unpaired) electrons. The molecule has 1 saturated heterocycles. The largest absolute Gasteiger partial charge is 0.271 e. The highest BCUT2D eigenvalue weighted by Crippen LogP contribution is 2.34. The molecule has 0 amide bonds. The van der Waals surface area contributed by atoms with Crippen molar-refractivity contribution in [3.63, 3.8) is 0 Å². The zero-order chi connectivity index (χ0) is 14.0. The molecule has 19 heavy (non-hydrogen) atoms. The number of halogens is 1. The lowest BCUT2D eigenvalue weighted by atomic mass is 9.97. The van der Waals surface area contributed by atoms with Crippen molar-refractivity contribution < 1.29 is 8.42 Å². The summed E-state index contributed by atoms with van der Waals surface area (Å²) in [7, 11) is -2.95. The molecule has 0 spiro atoms. The second-order valence-electron chi connectivity index (χ2n) is 4.91. The third-order valence-electron chi connectivity index (χ3n) is 3.48. The Labute approximate surface area is 118 Å². The summed E-state index contributed by atoms with van der Waals surface area (Å²) >= 11 is 6.18. The van der Waals surface area contributed by atoms with Crippen LogP contribution in [-0.2, 0) is 16.4 Å². The lowest BCUT2D eigenvalue weighted by Crippen LogP contribution is -2.36. The van der Waals surface area contributed by atoms with Gasteiger partial charge in [0.25, 0.3) is 0 Å². The van der Waals surface area contributed by atoms with E-state index in [9.17, 15) is 8.42 Å². The van der Waals surface area contributed by atoms with E-state index in [-0.39, 0.29) is 23.5 Å². The molecule has 1 aliphatic rings. The van der Waals surface area contributed by atoms with Crippen molar-refractivity contribution in [1.82, 2.24) is 15.2 Å². The number of hydrazine groups is 1. The first-order valence-corrected chi connectivity index (χ1v) is 8.56. The van der Waals surface area contributed by atoms with Crippen molar-refractivity contribution >= 4 is 21.4 Å². The molecule has 8 heteroatoms. The van der Waals surface area contributed by atoms with Gasteiger partial charge in [0, 0.05) is 6.54 Å². The van der Waals surface area contributed by atoms with Crippen molar-refractivity contribution in [1.29, 1.82) is 0 Å². The molecule has 0 bridgehead atoms. The van der Waals surface area contributed by atoms with Gasteiger partial charge in [0.15, 0.2) is 9.84 Å². The minimum atomic E-state index is -2.95. The maximum atomic E-state index is 11.6. The van der Waals surface area contributed by atoms with Crippen molar-refractivity contribution in [2.45, 2.75) is 32.4 Å². The van der Waals surface area contributed by atoms with E-state index in [1.165, 1.54) is 0 Å². The van der Waals surface area contributed by atoms with Gasteiger partial charge in [0.05, 0.1) is 34.5 Å². The van der Waals surface area contributed by atoms with Crippen LogP contribution in [0, 0.1) is 5.92 Å². The highest BCUT2D eigenvalue weighted by atomic mass is 35.5. The Morgan fingerprint density at radius 3 is 2.95 bits per heavy atom. The van der Waals surface area contributed by atoms with Gasteiger partial charge < -0.3 is 0 Å². The molecule has 1 aliphatic heterocycles. The first kappa shape index (κ1) is 14.8. The number of hydrogen-bond acceptors (Lipinski definition) is 5. The number of aromatic nitrogens is 2. The molecule has 0 saturated carbocycles. The number of sulfone groups is 1. The maximum Gasteiger partial charge on any atom is 0.150 e. The van der Waals surface area contributed by atoms with Crippen molar-refractivity contribution in [2.75, 3.05) is 11.5 Å². The smallest absolute Gasteiger partial charge is 0.150 e. The van der Waals surface area contributed by atoms with Gasteiger partial charge in [-0.3, -0.25) is 16.0 Å². The second kappa shape index (κ2) is 5.78. The van der Waals surface area contributed by atoms with Crippen LogP contribution in [0.5, 0.6) is 0 Å². The predicted molar refractivity (Wildman–Crippen MR) is 74.4 cm³/mol. The molecule has 0 aromatic carbocycles. The Hall–Kier alpha value is -0.630. The molecule has 6 nitrogen and oxygen atoms in total. The highest BCUT2D eigenvalue weighted by Gasteiger charge is 2.36. The van der Waals surface area contributed by atoms with Crippen LogP contribution in [-0.4, -0.2) is 29.7 Å². The van der Waals surface area contributed by atoms with E-state index in [2.05, 4.69) is 10.5 Å². The minimum absolute atomic E-state index is 0.0557. The molecule has 2 atom stereocenters. The Kier molecular flexibility index (Phi) is 4.50. The molecular formula is C11H19ClN4O2S. The van der Waals surface area contributed by atoms with Crippen LogP contribution in [0.4, 0.5) is 0 Å². The molecule has 2 rings (SSSR count). The summed E-state index contributed by atoms with van der Waals surface area (Å²) in [5.41, 5.74) is 3.50. The van der Waals surface area contributed by atoms with Crippen molar-refractivity contribution in [3.05, 3.63) is 16.9 Å². The van der Waals surface area contributed by atoms with E-state index in [4.69, 9.17) is 17.4 Å². The summed E-state index contributed by atoms with van der Waals surface area (Å²) in [5, 5.41) is 4.75. The first-order chi connectivity index (χ1) is 8.98. The SMILES string of the molecule is CCCn1ncc(Cl)c1C(NN)C1CCS(=O)(=O)C1. The Morgan fingerprint density at radius 2 is 2.42 bits per heavy atom. The van der Waals surface area contributed by atoms with Crippen LogP contribution in [0.15, 0.2) is 6.20 Å². The summed E-state index contributed by atoms with van der Waals surface area (Å²) in [4.78, 5) is 0. The molecule has 1 fully saturated rings. The van der Waals surface area contributed by atoms with Crippen LogP contribution in [0.25, 0.3) is 0 Å². The van der Waals surface area contributed by atoms with Crippen molar-refractivity contribution in [3.8, 4) is 0 Å². The summed E-state index contributed by atoms with van der Waals surface area (Å²) < 4.78 is 25.0. The van der Waals surface area contributed by atoms with Gasteiger partial charge >= 0.3 is 0 Å². The zero-order valence-corrected chi connectivity index (χ0v) is 12.4. The molecule has 3 N–H and O–H groups in total. The number of hydrogen-bond donors (Lipinski definition) is 2. The Balaban J connectivity index is 2.29. The van der Waals surface area contributed by atoms with Crippen LogP contribution in [0.2, 0.25) is 5.02 Å². The van der Waals surface area contributed by atoms with E-state index in [0.717, 1.165) is 18.7 Å². The van der Waals surface area contributed by atoms with Crippen LogP contribution < -0.4 is 11.3 Å². The number of aryl methyl sites for hydroxylation is 1. The van der Waals surface area contributed by atoms with Gasteiger partial charge in [-0.05, 0) is 18.8 Å². The molecule has 1 aromatic rings. The highest BCUT2D eigenvalue weighted by molar-refractivity contribution is 7.91. The number of nitrogens with one attached hydrogen (secondary N) is 1. The molecule has 0 aliphatic carbocycles. The van der Waals surface area contributed by atoms with Crippen molar-refractivity contribution in [2.24, 2.45) is 11.8 Å². The van der Waals surface area contributed by atoms with E-state index < -0.39 is 9.84 Å². The first-order valence-electron chi connectivity index (χ1n) is 6.36. The molecule has 2 unspecified atom stereocenters. The minimum Gasteiger partial charge on any atom is -0.271 e. The topological polar surface area (TPSA) is 90.0 Å². The quantitative estimate of drug-likeness (QED) is 0.623. The van der Waals surface area contributed by atoms with E-state index in [0.29, 0.717) is 11.4 Å². The third-order valence-corrected chi connectivity index (χ3v) is 5.57. The van der Waals surface area contributed by atoms with Crippen LogP contribution in [0.1, 0.15) is 31.5 Å². The fraction of sp³-hybridized carbons (Fsp3) is 0.727. The third kappa shape index (κ3) is 3.10. The number of rotatable bonds is 5. The normalized spacial score (nSPS) is 23.6. The summed E-state index contributed by atoms with van der Waals surface area (Å²) in [6.45, 7) is 2.78. The Morgan fingerprint density at radius 1 is 1.68 bits per heavy atom. The van der Waals surface area contributed by atoms with Gasteiger partial charge in [-0.25, -0.2) is 8.42 Å². The predicted octanol–water partition coefficient (Wildman–Crippen LogP) is 0.886. The molecular weight excluding hydrogens is 288 g/mol. The Bertz CT molecular complexity index is 543. The van der Waals surface area contributed by atoms with E-state index in [1.54, 1.807) is 10.9 Å². The average molecular weight is 307 g/mol. The fourth-order valence-electron chi connectivity index (χ4n) is 2.60. The summed E-state index contributed by atoms with van der Waals surface area (Å²) in [5.74, 6) is 5.93. The zero-order valence-electron chi connectivity index (χ0n) is 10.8. The van der Waals surface area contributed by atoms with Crippen LogP contribution >= 0.6 is 11.6 Å². The van der Waals surface area contributed by atoms with Gasteiger partial charge in [-0.1, -0.05) is 18.5 Å². The number of nitrogens with zero attached hydrogens (tertiary/aromatic N) is 2. The lowest BCUT2D eigenvalue weighted by Gasteiger charge is -2.23. The maximum absolute atomic E-state index is 11.6. The summed E-state index contributed by atoms with van der Waals surface area (Å²) in [6.07, 6.45) is 3.11. The monoisotopic (exact) mass is 306 g/mol. The van der Waals surface area contributed by atoms with Gasteiger partial charge in [0.2, 0.25) is 0 Å². The van der Waals surface area contributed by atoms with E-state index in [1.807, 2.05) is 6.92 Å².